The van der Waals surface area contributed by atoms with Crippen LogP contribution in [0.2, 0.25) is 0 Å². The summed E-state index contributed by atoms with van der Waals surface area (Å²) in [5.41, 5.74) is -0.184. The molecule has 4 nitrogen and oxygen atoms in total. The maximum absolute atomic E-state index is 11.6. The summed E-state index contributed by atoms with van der Waals surface area (Å²) in [6.45, 7) is 3.30. The lowest BCUT2D eigenvalue weighted by Crippen LogP contribution is -2.32. The van der Waals surface area contributed by atoms with Crippen LogP contribution in [0.3, 0.4) is 0 Å². The fourth-order valence-corrected chi connectivity index (χ4v) is 2.39. The lowest BCUT2D eigenvalue weighted by atomic mass is 9.79. The predicted molar refractivity (Wildman–Crippen MR) is 80.0 cm³/mol. The smallest absolute Gasteiger partial charge is 0.313 e. The fourth-order valence-electron chi connectivity index (χ4n) is 1.85. The summed E-state index contributed by atoms with van der Waals surface area (Å²) in [4.78, 5) is 22.2. The van der Waals surface area contributed by atoms with Crippen molar-refractivity contribution in [3.63, 3.8) is 0 Å². The number of carbonyl (C=O) groups is 2. The Bertz CT molecular complexity index is 472. The second-order valence-electron chi connectivity index (χ2n) is 4.59. The molecule has 0 heterocycles. The van der Waals surface area contributed by atoms with Crippen molar-refractivity contribution in [3.05, 3.63) is 33.4 Å². The number of aliphatic carboxylic acids is 1. The van der Waals surface area contributed by atoms with E-state index in [0.717, 1.165) is 9.13 Å². The minimum atomic E-state index is -0.957. The first-order chi connectivity index (χ1) is 8.86. The minimum absolute atomic E-state index is 0.252. The Morgan fingerprint density at radius 2 is 2.11 bits per heavy atom. The normalized spacial score (nSPS) is 13.6. The monoisotopic (exact) mass is 376 g/mol. The van der Waals surface area contributed by atoms with Crippen LogP contribution >= 0.6 is 22.6 Å². The van der Waals surface area contributed by atoms with E-state index in [-0.39, 0.29) is 12.6 Å². The molecule has 0 aliphatic carbocycles. The van der Waals surface area contributed by atoms with Gasteiger partial charge in [0.25, 0.3) is 0 Å². The molecule has 0 aliphatic rings. The van der Waals surface area contributed by atoms with Crippen molar-refractivity contribution < 1.29 is 19.4 Å². The molecule has 1 aromatic rings. The van der Waals surface area contributed by atoms with Gasteiger partial charge in [-0.05, 0) is 60.1 Å². The third-order valence-electron chi connectivity index (χ3n) is 3.06. The van der Waals surface area contributed by atoms with E-state index in [1.54, 1.807) is 6.92 Å². The fraction of sp³-hybridized carbons (Fsp3) is 0.429. The third kappa shape index (κ3) is 4.49. The molecule has 5 heteroatoms. The average molecular weight is 376 g/mol. The molecule has 104 valence electrons. The Kier molecular flexibility index (Phi) is 5.78. The van der Waals surface area contributed by atoms with Gasteiger partial charge in [0, 0.05) is 10.5 Å². The van der Waals surface area contributed by atoms with Crippen molar-refractivity contribution in [3.8, 4) is 0 Å². The first-order valence-electron chi connectivity index (χ1n) is 5.99. The van der Waals surface area contributed by atoms with E-state index in [9.17, 15) is 14.7 Å². The van der Waals surface area contributed by atoms with Crippen LogP contribution in [0.25, 0.3) is 0 Å². The van der Waals surface area contributed by atoms with Crippen LogP contribution in [0.15, 0.2) is 24.3 Å². The molecule has 0 fully saturated rings. The first-order valence-corrected chi connectivity index (χ1v) is 7.07. The Balaban J connectivity index is 2.80. The summed E-state index contributed by atoms with van der Waals surface area (Å²) in [7, 11) is 0. The SMILES string of the molecule is CC(=O)OCCCC(C)(C(=O)O)c1cccc(I)c1. The van der Waals surface area contributed by atoms with Crippen LogP contribution < -0.4 is 0 Å². The highest BCUT2D eigenvalue weighted by atomic mass is 127. The van der Waals surface area contributed by atoms with Crippen molar-refractivity contribution >= 4 is 34.5 Å². The quantitative estimate of drug-likeness (QED) is 0.471. The predicted octanol–water partition coefficient (Wildman–Crippen LogP) is 2.98. The largest absolute Gasteiger partial charge is 0.481 e. The van der Waals surface area contributed by atoms with Crippen LogP contribution in [0.1, 0.15) is 32.3 Å². The number of benzene rings is 1. The Hall–Kier alpha value is -1.11. The lowest BCUT2D eigenvalue weighted by molar-refractivity contribution is -0.143. The highest BCUT2D eigenvalue weighted by Gasteiger charge is 2.34. The summed E-state index contributed by atoms with van der Waals surface area (Å²) >= 11 is 2.16. The maximum Gasteiger partial charge on any atom is 0.313 e. The van der Waals surface area contributed by atoms with Crippen molar-refractivity contribution in [2.45, 2.75) is 32.1 Å². The third-order valence-corrected chi connectivity index (χ3v) is 3.73. The van der Waals surface area contributed by atoms with Crippen molar-refractivity contribution in [1.29, 1.82) is 0 Å². The summed E-state index contributed by atoms with van der Waals surface area (Å²) in [5.74, 6) is -1.20. The first kappa shape index (κ1) is 15.9. The Morgan fingerprint density at radius 1 is 1.42 bits per heavy atom. The number of carboxylic acid groups (broad SMARTS) is 1. The number of hydrogen-bond acceptors (Lipinski definition) is 3. The molecule has 0 radical (unpaired) electrons. The van der Waals surface area contributed by atoms with Gasteiger partial charge in [0.15, 0.2) is 0 Å². The maximum atomic E-state index is 11.6. The van der Waals surface area contributed by atoms with Crippen molar-refractivity contribution in [1.82, 2.24) is 0 Å². The molecule has 0 saturated heterocycles. The Labute approximate surface area is 126 Å². The van der Waals surface area contributed by atoms with E-state index >= 15 is 0 Å². The van der Waals surface area contributed by atoms with E-state index in [1.165, 1.54) is 6.92 Å². The number of halogens is 1. The molecule has 19 heavy (non-hydrogen) atoms. The molecule has 0 amide bonds. The second-order valence-corrected chi connectivity index (χ2v) is 5.84. The highest BCUT2D eigenvalue weighted by molar-refractivity contribution is 14.1. The van der Waals surface area contributed by atoms with Gasteiger partial charge in [-0.25, -0.2) is 0 Å². The average Bonchev–Trinajstić information content (AvgIpc) is 2.34. The second kappa shape index (κ2) is 6.88. The molecular formula is C14H17IO4. The number of hydrogen-bond donors (Lipinski definition) is 1. The molecule has 0 spiro atoms. The van der Waals surface area contributed by atoms with Gasteiger partial charge < -0.3 is 9.84 Å². The summed E-state index contributed by atoms with van der Waals surface area (Å²) in [5, 5.41) is 9.48. The Morgan fingerprint density at radius 3 is 2.63 bits per heavy atom. The zero-order valence-electron chi connectivity index (χ0n) is 11.0. The molecule has 1 rings (SSSR count). The molecular weight excluding hydrogens is 359 g/mol. The summed E-state index contributed by atoms with van der Waals surface area (Å²) in [6, 6.07) is 7.47. The molecule has 1 unspecified atom stereocenters. The van der Waals surface area contributed by atoms with Crippen molar-refractivity contribution in [2.75, 3.05) is 6.61 Å². The molecule has 0 bridgehead atoms. The molecule has 0 saturated carbocycles. The zero-order valence-corrected chi connectivity index (χ0v) is 13.1. The molecule has 1 N–H and O–H groups in total. The van der Waals surface area contributed by atoms with Crippen LogP contribution in [-0.2, 0) is 19.7 Å². The molecule has 0 aromatic heterocycles. The van der Waals surface area contributed by atoms with E-state index in [1.807, 2.05) is 24.3 Å². The molecule has 1 aromatic carbocycles. The van der Waals surface area contributed by atoms with Crippen molar-refractivity contribution in [2.24, 2.45) is 0 Å². The van der Waals surface area contributed by atoms with Crippen LogP contribution in [0.4, 0.5) is 0 Å². The van der Waals surface area contributed by atoms with Gasteiger partial charge >= 0.3 is 11.9 Å². The van der Waals surface area contributed by atoms with Gasteiger partial charge in [-0.1, -0.05) is 12.1 Å². The summed E-state index contributed by atoms with van der Waals surface area (Å²) in [6.07, 6.45) is 0.948. The van der Waals surface area contributed by atoms with Crippen LogP contribution in [0.5, 0.6) is 0 Å². The van der Waals surface area contributed by atoms with Gasteiger partial charge in [-0.3, -0.25) is 9.59 Å². The van der Waals surface area contributed by atoms with E-state index in [0.29, 0.717) is 12.8 Å². The number of carboxylic acids is 1. The number of esters is 1. The van der Waals surface area contributed by atoms with Crippen LogP contribution in [0, 0.1) is 3.57 Å². The van der Waals surface area contributed by atoms with E-state index < -0.39 is 11.4 Å². The van der Waals surface area contributed by atoms with Gasteiger partial charge in [0.1, 0.15) is 0 Å². The standard InChI is InChI=1S/C14H17IO4/c1-10(16)19-8-4-7-14(2,13(17)18)11-5-3-6-12(15)9-11/h3,5-6,9H,4,7-8H2,1-2H3,(H,17,18). The summed E-state index contributed by atoms with van der Waals surface area (Å²) < 4.78 is 5.85. The van der Waals surface area contributed by atoms with Gasteiger partial charge in [0.2, 0.25) is 0 Å². The lowest BCUT2D eigenvalue weighted by Gasteiger charge is -2.25. The highest BCUT2D eigenvalue weighted by Crippen LogP contribution is 2.30. The van der Waals surface area contributed by atoms with E-state index in [2.05, 4.69) is 22.6 Å². The minimum Gasteiger partial charge on any atom is -0.481 e. The number of ether oxygens (including phenoxy) is 1. The van der Waals surface area contributed by atoms with Gasteiger partial charge in [-0.15, -0.1) is 0 Å². The molecule has 0 aliphatic heterocycles. The van der Waals surface area contributed by atoms with Gasteiger partial charge in [-0.2, -0.15) is 0 Å². The number of carbonyl (C=O) groups excluding carboxylic acids is 1. The van der Waals surface area contributed by atoms with E-state index in [4.69, 9.17) is 4.74 Å². The molecule has 1 atom stereocenters. The zero-order chi connectivity index (χ0) is 14.5. The van der Waals surface area contributed by atoms with Crippen LogP contribution in [-0.4, -0.2) is 23.7 Å². The number of rotatable bonds is 6. The topological polar surface area (TPSA) is 63.6 Å². The van der Waals surface area contributed by atoms with Gasteiger partial charge in [0.05, 0.1) is 12.0 Å².